The molecule has 25 heavy (non-hydrogen) atoms. The molecule has 1 fully saturated rings. The highest BCUT2D eigenvalue weighted by Crippen LogP contribution is 2.28. The van der Waals surface area contributed by atoms with Gasteiger partial charge in [-0.15, -0.1) is 24.0 Å². The molecule has 1 heterocycles. The van der Waals surface area contributed by atoms with Crippen LogP contribution in [0, 0.1) is 5.41 Å². The zero-order valence-corrected chi connectivity index (χ0v) is 18.7. The summed E-state index contributed by atoms with van der Waals surface area (Å²) in [5, 5.41) is 3.37. The standard InChI is InChI=1S/C18H29N3O2S.HI/c1-5-19-17(21-13-11-18(2,3)14-21)20-12-10-15-6-8-16(9-7-15)24(4,22)23;/h6-9H,5,10-14H2,1-4H3,(H,19,20);1H. The molecule has 1 aromatic rings. The van der Waals surface area contributed by atoms with Gasteiger partial charge in [-0.25, -0.2) is 8.42 Å². The van der Waals surface area contributed by atoms with E-state index in [1.807, 2.05) is 12.1 Å². The summed E-state index contributed by atoms with van der Waals surface area (Å²) in [6, 6.07) is 7.08. The van der Waals surface area contributed by atoms with Crippen LogP contribution < -0.4 is 5.32 Å². The van der Waals surface area contributed by atoms with Crippen molar-refractivity contribution in [1.82, 2.24) is 10.2 Å². The third kappa shape index (κ3) is 6.77. The van der Waals surface area contributed by atoms with Gasteiger partial charge in [-0.3, -0.25) is 4.99 Å². The van der Waals surface area contributed by atoms with E-state index < -0.39 is 9.84 Å². The van der Waals surface area contributed by atoms with Gasteiger partial charge in [0, 0.05) is 32.4 Å². The molecule has 0 bridgehead atoms. The first-order valence-corrected chi connectivity index (χ1v) is 10.4. The molecule has 1 saturated heterocycles. The molecule has 0 atom stereocenters. The Morgan fingerprint density at radius 3 is 2.40 bits per heavy atom. The van der Waals surface area contributed by atoms with E-state index in [0.29, 0.717) is 16.9 Å². The fourth-order valence-electron chi connectivity index (χ4n) is 2.91. The third-order valence-corrected chi connectivity index (χ3v) is 5.45. The van der Waals surface area contributed by atoms with Gasteiger partial charge in [0.05, 0.1) is 4.90 Å². The fourth-order valence-corrected chi connectivity index (χ4v) is 3.54. The number of hydrogen-bond acceptors (Lipinski definition) is 3. The van der Waals surface area contributed by atoms with E-state index in [0.717, 1.165) is 37.6 Å². The van der Waals surface area contributed by atoms with Crippen LogP contribution in [-0.4, -0.2) is 51.7 Å². The van der Waals surface area contributed by atoms with E-state index in [1.54, 1.807) is 12.1 Å². The number of likely N-dealkylation sites (tertiary alicyclic amines) is 1. The number of sulfone groups is 1. The summed E-state index contributed by atoms with van der Waals surface area (Å²) in [5.41, 5.74) is 1.45. The van der Waals surface area contributed by atoms with Crippen molar-refractivity contribution in [2.24, 2.45) is 10.4 Å². The first kappa shape index (κ1) is 22.2. The van der Waals surface area contributed by atoms with Crippen LogP contribution >= 0.6 is 24.0 Å². The summed E-state index contributed by atoms with van der Waals surface area (Å²) in [7, 11) is -3.13. The number of aliphatic imine (C=N–C) groups is 1. The van der Waals surface area contributed by atoms with Crippen molar-refractivity contribution < 1.29 is 8.42 Å². The van der Waals surface area contributed by atoms with E-state index in [9.17, 15) is 8.42 Å². The molecule has 0 spiro atoms. The predicted octanol–water partition coefficient (Wildman–Crippen LogP) is 2.95. The average molecular weight is 479 g/mol. The molecule has 0 radical (unpaired) electrons. The quantitative estimate of drug-likeness (QED) is 0.401. The van der Waals surface area contributed by atoms with Crippen molar-refractivity contribution in [3.8, 4) is 0 Å². The first-order chi connectivity index (χ1) is 11.2. The van der Waals surface area contributed by atoms with Crippen molar-refractivity contribution >= 4 is 39.8 Å². The number of hydrogen-bond donors (Lipinski definition) is 1. The van der Waals surface area contributed by atoms with Crippen LogP contribution in [0.2, 0.25) is 0 Å². The van der Waals surface area contributed by atoms with Crippen molar-refractivity contribution in [2.45, 2.75) is 38.5 Å². The smallest absolute Gasteiger partial charge is 0.193 e. The zero-order valence-electron chi connectivity index (χ0n) is 15.6. The zero-order chi connectivity index (χ0) is 17.8. The van der Waals surface area contributed by atoms with Crippen LogP contribution in [0.25, 0.3) is 0 Å². The lowest BCUT2D eigenvalue weighted by Gasteiger charge is -2.23. The molecule has 7 heteroatoms. The number of nitrogens with one attached hydrogen (secondary N) is 1. The van der Waals surface area contributed by atoms with Crippen LogP contribution in [0.15, 0.2) is 34.2 Å². The van der Waals surface area contributed by atoms with Crippen molar-refractivity contribution in [3.05, 3.63) is 29.8 Å². The summed E-state index contributed by atoms with van der Waals surface area (Å²) in [5.74, 6) is 0.982. The summed E-state index contributed by atoms with van der Waals surface area (Å²) in [6.07, 6.45) is 3.22. The van der Waals surface area contributed by atoms with Crippen molar-refractivity contribution in [1.29, 1.82) is 0 Å². The summed E-state index contributed by atoms with van der Waals surface area (Å²) in [4.78, 5) is 7.43. The maximum absolute atomic E-state index is 11.5. The Balaban J connectivity index is 0.00000312. The second kappa shape index (κ2) is 9.21. The van der Waals surface area contributed by atoms with Crippen LogP contribution in [0.4, 0.5) is 0 Å². The van der Waals surface area contributed by atoms with E-state index in [-0.39, 0.29) is 24.0 Å². The number of benzene rings is 1. The lowest BCUT2D eigenvalue weighted by Crippen LogP contribution is -2.40. The first-order valence-electron chi connectivity index (χ1n) is 8.53. The van der Waals surface area contributed by atoms with Crippen LogP contribution in [0.3, 0.4) is 0 Å². The van der Waals surface area contributed by atoms with Gasteiger partial charge < -0.3 is 10.2 Å². The van der Waals surface area contributed by atoms with Gasteiger partial charge in [-0.1, -0.05) is 26.0 Å². The Kier molecular flexibility index (Phi) is 8.18. The Morgan fingerprint density at radius 2 is 1.92 bits per heavy atom. The summed E-state index contributed by atoms with van der Waals surface area (Å²) in [6.45, 7) is 10.3. The topological polar surface area (TPSA) is 61.8 Å². The lowest BCUT2D eigenvalue weighted by atomic mass is 9.93. The van der Waals surface area contributed by atoms with E-state index in [4.69, 9.17) is 4.99 Å². The minimum Gasteiger partial charge on any atom is -0.357 e. The fraction of sp³-hybridized carbons (Fsp3) is 0.611. The normalized spacial score (nSPS) is 17.3. The van der Waals surface area contributed by atoms with Gasteiger partial charge in [0.2, 0.25) is 0 Å². The molecule has 2 rings (SSSR count). The molecule has 0 saturated carbocycles. The molecule has 0 amide bonds. The van der Waals surface area contributed by atoms with Crippen molar-refractivity contribution in [3.63, 3.8) is 0 Å². The second-order valence-electron chi connectivity index (χ2n) is 7.24. The minimum atomic E-state index is -3.13. The van der Waals surface area contributed by atoms with E-state index in [2.05, 4.69) is 31.0 Å². The highest BCUT2D eigenvalue weighted by molar-refractivity contribution is 14.0. The molecule has 1 aliphatic rings. The molecule has 1 N–H and O–H groups in total. The molecule has 142 valence electrons. The largest absolute Gasteiger partial charge is 0.357 e. The molecule has 0 aliphatic carbocycles. The summed E-state index contributed by atoms with van der Waals surface area (Å²) >= 11 is 0. The lowest BCUT2D eigenvalue weighted by molar-refractivity contribution is 0.370. The Morgan fingerprint density at radius 1 is 1.28 bits per heavy atom. The number of guanidine groups is 1. The van der Waals surface area contributed by atoms with Crippen molar-refractivity contribution in [2.75, 3.05) is 32.4 Å². The van der Waals surface area contributed by atoms with E-state index >= 15 is 0 Å². The monoisotopic (exact) mass is 479 g/mol. The predicted molar refractivity (Wildman–Crippen MR) is 115 cm³/mol. The van der Waals surface area contributed by atoms with E-state index in [1.165, 1.54) is 12.7 Å². The van der Waals surface area contributed by atoms with Crippen LogP contribution in [-0.2, 0) is 16.3 Å². The molecule has 0 unspecified atom stereocenters. The Hall–Kier alpha value is -0.830. The maximum Gasteiger partial charge on any atom is 0.193 e. The molecule has 5 nitrogen and oxygen atoms in total. The number of rotatable bonds is 5. The highest BCUT2D eigenvalue weighted by atomic mass is 127. The van der Waals surface area contributed by atoms with Crippen LogP contribution in [0.5, 0.6) is 0 Å². The highest BCUT2D eigenvalue weighted by Gasteiger charge is 2.30. The third-order valence-electron chi connectivity index (χ3n) is 4.33. The SMILES string of the molecule is CCNC(=NCCc1ccc(S(C)(=O)=O)cc1)N1CCC(C)(C)C1.I. The average Bonchev–Trinajstić information content (AvgIpc) is 2.86. The van der Waals surface area contributed by atoms with Gasteiger partial charge >= 0.3 is 0 Å². The Labute approximate surface area is 169 Å². The van der Waals surface area contributed by atoms with Gasteiger partial charge in [0.15, 0.2) is 15.8 Å². The number of nitrogens with zero attached hydrogens (tertiary/aromatic N) is 2. The summed E-state index contributed by atoms with van der Waals surface area (Å²) < 4.78 is 23.0. The Bertz CT molecular complexity index is 685. The minimum absolute atomic E-state index is 0. The molecule has 0 aromatic heterocycles. The second-order valence-corrected chi connectivity index (χ2v) is 9.25. The number of halogens is 1. The van der Waals surface area contributed by atoms with Gasteiger partial charge in [0.25, 0.3) is 0 Å². The maximum atomic E-state index is 11.5. The van der Waals surface area contributed by atoms with Gasteiger partial charge in [0.1, 0.15) is 0 Å². The van der Waals surface area contributed by atoms with Crippen LogP contribution in [0.1, 0.15) is 32.8 Å². The van der Waals surface area contributed by atoms with Gasteiger partial charge in [-0.05, 0) is 42.9 Å². The molecular weight excluding hydrogens is 449 g/mol. The molecular formula is C18H30IN3O2S. The van der Waals surface area contributed by atoms with Gasteiger partial charge in [-0.2, -0.15) is 0 Å². The molecule has 1 aromatic carbocycles. The molecule has 1 aliphatic heterocycles.